The fraction of sp³-hybridized carbons (Fsp3) is 0.286. The summed E-state index contributed by atoms with van der Waals surface area (Å²) in [5.41, 5.74) is 2.87. The molecule has 4 rings (SSSR count). The van der Waals surface area contributed by atoms with Crippen LogP contribution < -0.4 is 10.2 Å². The third-order valence-corrected chi connectivity index (χ3v) is 5.77. The fourth-order valence-electron chi connectivity index (χ4n) is 3.24. The predicted octanol–water partition coefficient (Wildman–Crippen LogP) is 3.93. The molecule has 0 bridgehead atoms. The summed E-state index contributed by atoms with van der Waals surface area (Å²) in [5, 5.41) is 3.85. The molecule has 29 heavy (non-hydrogen) atoms. The van der Waals surface area contributed by atoms with Gasteiger partial charge >= 0.3 is 6.03 Å². The Balaban J connectivity index is 1.31. The largest absolute Gasteiger partial charge is 0.343 e. The van der Waals surface area contributed by atoms with E-state index in [2.05, 4.69) is 19.6 Å². The number of rotatable bonds is 4. The van der Waals surface area contributed by atoms with E-state index >= 15 is 0 Å². The summed E-state index contributed by atoms with van der Waals surface area (Å²) in [7, 11) is 0. The molecule has 0 radical (unpaired) electrons. The molecular weight excluding hydrogens is 389 g/mol. The zero-order chi connectivity index (χ0) is 20.2. The molecule has 0 atom stereocenters. The van der Waals surface area contributed by atoms with Crippen molar-refractivity contribution in [2.45, 2.75) is 13.3 Å². The minimum Gasteiger partial charge on any atom is -0.343 e. The number of benzene rings is 2. The fourth-order valence-corrected chi connectivity index (χ4v) is 3.97. The Kier molecular flexibility index (Phi) is 5.71. The molecule has 1 aliphatic heterocycles. The van der Waals surface area contributed by atoms with Crippen molar-refractivity contribution in [2.75, 3.05) is 36.4 Å². The van der Waals surface area contributed by atoms with Crippen LogP contribution in [0.5, 0.6) is 0 Å². The van der Waals surface area contributed by atoms with Crippen molar-refractivity contribution in [3.8, 4) is 0 Å². The van der Waals surface area contributed by atoms with E-state index in [0.717, 1.165) is 27.8 Å². The van der Waals surface area contributed by atoms with Crippen LogP contribution >= 0.6 is 11.5 Å². The molecule has 3 aromatic rings. The van der Waals surface area contributed by atoms with Crippen molar-refractivity contribution < 1.29 is 9.18 Å². The van der Waals surface area contributed by atoms with Crippen LogP contribution in [0.25, 0.3) is 0 Å². The molecule has 8 heteroatoms. The lowest BCUT2D eigenvalue weighted by Gasteiger charge is -2.34. The van der Waals surface area contributed by atoms with E-state index < -0.39 is 0 Å². The van der Waals surface area contributed by atoms with Gasteiger partial charge in [-0.2, -0.15) is 4.37 Å². The summed E-state index contributed by atoms with van der Waals surface area (Å²) in [4.78, 5) is 21.1. The summed E-state index contributed by atoms with van der Waals surface area (Å²) in [6, 6.07) is 14.1. The van der Waals surface area contributed by atoms with Gasteiger partial charge in [0.05, 0.1) is 0 Å². The van der Waals surface area contributed by atoms with Crippen molar-refractivity contribution in [1.82, 2.24) is 14.3 Å². The minimum absolute atomic E-state index is 0.0757. The second-order valence-corrected chi connectivity index (χ2v) is 7.75. The molecular formula is C21H22FN5OS. The molecule has 2 amide bonds. The highest BCUT2D eigenvalue weighted by molar-refractivity contribution is 7.09. The minimum atomic E-state index is -0.245. The summed E-state index contributed by atoms with van der Waals surface area (Å²) < 4.78 is 17.5. The van der Waals surface area contributed by atoms with Gasteiger partial charge < -0.3 is 15.1 Å². The first-order valence-electron chi connectivity index (χ1n) is 9.52. The van der Waals surface area contributed by atoms with Gasteiger partial charge in [0.25, 0.3) is 0 Å². The van der Waals surface area contributed by atoms with E-state index in [1.165, 1.54) is 23.7 Å². The normalized spacial score (nSPS) is 14.1. The van der Waals surface area contributed by atoms with Crippen molar-refractivity contribution in [2.24, 2.45) is 0 Å². The number of hydrogen-bond acceptors (Lipinski definition) is 5. The Morgan fingerprint density at radius 2 is 1.83 bits per heavy atom. The summed E-state index contributed by atoms with van der Waals surface area (Å²) in [5.74, 6) is 0.487. The zero-order valence-electron chi connectivity index (χ0n) is 16.1. The maximum Gasteiger partial charge on any atom is 0.321 e. The number of amides is 2. The van der Waals surface area contributed by atoms with Gasteiger partial charge in [-0.15, -0.1) is 0 Å². The van der Waals surface area contributed by atoms with E-state index in [0.29, 0.717) is 32.6 Å². The van der Waals surface area contributed by atoms with Gasteiger partial charge in [-0.1, -0.05) is 30.3 Å². The van der Waals surface area contributed by atoms with Gasteiger partial charge in [0.15, 0.2) is 0 Å². The molecule has 1 N–H and O–H groups in total. The number of aryl methyl sites for hydroxylation is 1. The lowest BCUT2D eigenvalue weighted by atomic mass is 10.1. The first-order chi connectivity index (χ1) is 14.1. The number of urea groups is 1. The molecule has 2 heterocycles. The molecule has 1 aromatic heterocycles. The topological polar surface area (TPSA) is 61.4 Å². The highest BCUT2D eigenvalue weighted by atomic mass is 32.1. The number of halogens is 1. The van der Waals surface area contributed by atoms with Crippen LogP contribution in [0.2, 0.25) is 0 Å². The second-order valence-electron chi connectivity index (χ2n) is 7.02. The van der Waals surface area contributed by atoms with Crippen LogP contribution in [0.3, 0.4) is 0 Å². The molecule has 0 spiro atoms. The van der Waals surface area contributed by atoms with Crippen molar-refractivity contribution in [1.29, 1.82) is 0 Å². The van der Waals surface area contributed by atoms with Crippen LogP contribution in [0.4, 0.5) is 20.0 Å². The van der Waals surface area contributed by atoms with Crippen LogP contribution in [0, 0.1) is 12.7 Å². The van der Waals surface area contributed by atoms with Gasteiger partial charge in [-0.05, 0) is 36.2 Å². The number of hydrogen-bond donors (Lipinski definition) is 1. The van der Waals surface area contributed by atoms with Crippen molar-refractivity contribution in [3.05, 3.63) is 71.3 Å². The Bertz CT molecular complexity index is 983. The van der Waals surface area contributed by atoms with Crippen LogP contribution in [0.15, 0.2) is 48.5 Å². The quantitative estimate of drug-likeness (QED) is 0.707. The molecule has 0 saturated carbocycles. The standard InChI is InChI=1S/C21H22FN5OS/c1-15-4-2-3-5-18(15)23-20(28)26-10-12-27(13-11-26)21-24-19(25-29-21)14-16-6-8-17(22)9-7-16/h2-9H,10-14H2,1H3,(H,23,28). The maximum absolute atomic E-state index is 13.0. The number of piperazine rings is 1. The Hall–Kier alpha value is -3.00. The molecule has 0 unspecified atom stereocenters. The van der Waals surface area contributed by atoms with Crippen molar-refractivity contribution >= 4 is 28.4 Å². The SMILES string of the molecule is Cc1ccccc1NC(=O)N1CCN(c2nc(Cc3ccc(F)cc3)ns2)CC1. The lowest BCUT2D eigenvalue weighted by molar-refractivity contribution is 0.208. The van der Waals surface area contributed by atoms with Gasteiger partial charge in [0, 0.05) is 49.8 Å². The monoisotopic (exact) mass is 411 g/mol. The van der Waals surface area contributed by atoms with E-state index in [1.807, 2.05) is 36.1 Å². The summed E-state index contributed by atoms with van der Waals surface area (Å²) in [6.45, 7) is 4.67. The first-order valence-corrected chi connectivity index (χ1v) is 10.3. The summed E-state index contributed by atoms with van der Waals surface area (Å²) in [6.07, 6.45) is 0.579. The van der Waals surface area contributed by atoms with E-state index in [9.17, 15) is 9.18 Å². The van der Waals surface area contributed by atoms with Gasteiger partial charge in [0.1, 0.15) is 11.6 Å². The maximum atomic E-state index is 13.0. The Morgan fingerprint density at radius 3 is 2.55 bits per heavy atom. The number of aromatic nitrogens is 2. The third kappa shape index (κ3) is 4.71. The van der Waals surface area contributed by atoms with Gasteiger partial charge in [-0.25, -0.2) is 14.2 Å². The lowest BCUT2D eigenvalue weighted by Crippen LogP contribution is -2.50. The first kappa shape index (κ1) is 19.3. The molecule has 2 aromatic carbocycles. The highest BCUT2D eigenvalue weighted by Crippen LogP contribution is 2.21. The van der Waals surface area contributed by atoms with E-state index in [4.69, 9.17) is 0 Å². The highest BCUT2D eigenvalue weighted by Gasteiger charge is 2.23. The number of carbonyl (C=O) groups excluding carboxylic acids is 1. The number of para-hydroxylation sites is 1. The van der Waals surface area contributed by atoms with Crippen LogP contribution in [0.1, 0.15) is 17.0 Å². The molecule has 0 aliphatic carbocycles. The molecule has 6 nitrogen and oxygen atoms in total. The zero-order valence-corrected chi connectivity index (χ0v) is 17.0. The van der Waals surface area contributed by atoms with Crippen molar-refractivity contribution in [3.63, 3.8) is 0 Å². The van der Waals surface area contributed by atoms with E-state index in [-0.39, 0.29) is 11.8 Å². The van der Waals surface area contributed by atoms with E-state index in [1.54, 1.807) is 12.1 Å². The molecule has 1 saturated heterocycles. The number of nitrogens with one attached hydrogen (secondary N) is 1. The smallest absolute Gasteiger partial charge is 0.321 e. The Labute approximate surface area is 173 Å². The third-order valence-electron chi connectivity index (χ3n) is 4.96. The average molecular weight is 412 g/mol. The van der Waals surface area contributed by atoms with Crippen LogP contribution in [-0.2, 0) is 6.42 Å². The number of anilines is 2. The molecule has 1 aliphatic rings. The van der Waals surface area contributed by atoms with Crippen LogP contribution in [-0.4, -0.2) is 46.5 Å². The molecule has 1 fully saturated rings. The van der Waals surface area contributed by atoms with Gasteiger partial charge in [-0.3, -0.25) is 0 Å². The number of carbonyl (C=O) groups is 1. The molecule has 150 valence electrons. The predicted molar refractivity (Wildman–Crippen MR) is 113 cm³/mol. The summed E-state index contributed by atoms with van der Waals surface area (Å²) >= 11 is 1.36. The number of nitrogens with zero attached hydrogens (tertiary/aromatic N) is 4. The second kappa shape index (κ2) is 8.57. The average Bonchev–Trinajstić information content (AvgIpc) is 3.20. The van der Waals surface area contributed by atoms with Gasteiger partial charge in [0.2, 0.25) is 5.13 Å². The Morgan fingerprint density at radius 1 is 1.10 bits per heavy atom.